The van der Waals surface area contributed by atoms with Crippen molar-refractivity contribution in [2.24, 2.45) is 0 Å². The normalized spacial score (nSPS) is 12.9. The third-order valence-corrected chi connectivity index (χ3v) is 10.8. The Labute approximate surface area is 387 Å². The number of hydrogen-bond acceptors (Lipinski definition) is 6. The monoisotopic (exact) mass is 875 g/mol. The molecule has 0 aromatic rings. The standard InChI is InChI=1S/C57H94O6/c1-4-7-10-13-16-19-22-25-27-28-30-32-35-38-41-44-47-50-56(59)62-53-54(52-61-55(58)49-46-43-40-37-34-31-24-21-18-15-12-9-6-3)63-57(60)51-48-45-42-39-36-33-29-26-23-20-17-14-11-8-5-2/h8-9,11-12,14-15,17-18,20-21,23-24,31,34,37,40,54H,4-7,10,13,16,19,22,25-30,32-33,35-36,38-39,41-53H2,1-3H3/b11-8-,12-9-,17-14-,18-15-,23-20-,24-21-,34-31-,40-37-. The van der Waals surface area contributed by atoms with E-state index in [9.17, 15) is 14.4 Å². The van der Waals surface area contributed by atoms with Crippen LogP contribution in [-0.2, 0) is 28.6 Å². The van der Waals surface area contributed by atoms with Gasteiger partial charge in [-0.15, -0.1) is 0 Å². The fourth-order valence-corrected chi connectivity index (χ4v) is 6.94. The van der Waals surface area contributed by atoms with E-state index in [-0.39, 0.29) is 37.5 Å². The minimum atomic E-state index is -0.811. The number of rotatable bonds is 45. The molecule has 0 bridgehead atoms. The Morgan fingerprint density at radius 3 is 1.03 bits per heavy atom. The van der Waals surface area contributed by atoms with Gasteiger partial charge in [-0.2, -0.15) is 0 Å². The van der Waals surface area contributed by atoms with E-state index in [1.165, 1.54) is 109 Å². The van der Waals surface area contributed by atoms with Crippen molar-refractivity contribution in [3.05, 3.63) is 97.2 Å². The Morgan fingerprint density at radius 1 is 0.333 bits per heavy atom. The number of carbonyl (C=O) groups is 3. The number of carbonyl (C=O) groups excluding carboxylic acids is 3. The number of ether oxygens (including phenoxy) is 3. The summed E-state index contributed by atoms with van der Waals surface area (Å²) in [6, 6.07) is 0. The van der Waals surface area contributed by atoms with E-state index in [2.05, 4.69) is 63.3 Å². The van der Waals surface area contributed by atoms with Crippen LogP contribution in [-0.4, -0.2) is 37.2 Å². The minimum absolute atomic E-state index is 0.104. The van der Waals surface area contributed by atoms with Crippen LogP contribution in [0.3, 0.4) is 0 Å². The van der Waals surface area contributed by atoms with E-state index in [4.69, 9.17) is 14.2 Å². The highest BCUT2D eigenvalue weighted by Gasteiger charge is 2.19. The summed E-state index contributed by atoms with van der Waals surface area (Å²) in [5, 5.41) is 0. The lowest BCUT2D eigenvalue weighted by Crippen LogP contribution is -2.30. The first-order valence-corrected chi connectivity index (χ1v) is 25.8. The molecule has 6 heteroatoms. The molecule has 6 nitrogen and oxygen atoms in total. The Bertz CT molecular complexity index is 1280. The lowest BCUT2D eigenvalue weighted by Gasteiger charge is -2.18. The predicted octanol–water partition coefficient (Wildman–Crippen LogP) is 17.0. The molecule has 358 valence electrons. The van der Waals surface area contributed by atoms with Crippen LogP contribution in [0.5, 0.6) is 0 Å². The summed E-state index contributed by atoms with van der Waals surface area (Å²) in [7, 11) is 0. The van der Waals surface area contributed by atoms with E-state index >= 15 is 0 Å². The molecule has 0 aromatic carbocycles. The van der Waals surface area contributed by atoms with Crippen molar-refractivity contribution in [3.8, 4) is 0 Å². The van der Waals surface area contributed by atoms with E-state index in [1.54, 1.807) is 0 Å². The van der Waals surface area contributed by atoms with Gasteiger partial charge in [0, 0.05) is 19.3 Å². The fraction of sp³-hybridized carbons (Fsp3) is 0.667. The van der Waals surface area contributed by atoms with Gasteiger partial charge >= 0.3 is 17.9 Å². The van der Waals surface area contributed by atoms with E-state index < -0.39 is 6.10 Å². The van der Waals surface area contributed by atoms with Crippen molar-refractivity contribution in [2.45, 2.75) is 232 Å². The van der Waals surface area contributed by atoms with Crippen molar-refractivity contribution in [3.63, 3.8) is 0 Å². The van der Waals surface area contributed by atoms with Crippen LogP contribution >= 0.6 is 0 Å². The predicted molar refractivity (Wildman–Crippen MR) is 270 cm³/mol. The number of esters is 3. The summed E-state index contributed by atoms with van der Waals surface area (Å²) in [6.45, 7) is 6.29. The van der Waals surface area contributed by atoms with Crippen LogP contribution in [0.1, 0.15) is 226 Å². The highest BCUT2D eigenvalue weighted by Crippen LogP contribution is 2.15. The Morgan fingerprint density at radius 2 is 0.635 bits per heavy atom. The molecule has 63 heavy (non-hydrogen) atoms. The second-order valence-electron chi connectivity index (χ2n) is 16.9. The summed E-state index contributed by atoms with van der Waals surface area (Å²) in [5.41, 5.74) is 0. The third-order valence-electron chi connectivity index (χ3n) is 10.8. The van der Waals surface area contributed by atoms with Gasteiger partial charge < -0.3 is 14.2 Å². The van der Waals surface area contributed by atoms with Crippen LogP contribution in [0.25, 0.3) is 0 Å². The molecule has 0 N–H and O–H groups in total. The Balaban J connectivity index is 4.47. The Kier molecular flexibility index (Phi) is 48.0. The molecule has 0 amide bonds. The van der Waals surface area contributed by atoms with Crippen LogP contribution in [0.4, 0.5) is 0 Å². The second-order valence-corrected chi connectivity index (χ2v) is 16.9. The zero-order valence-electron chi connectivity index (χ0n) is 40.8. The maximum atomic E-state index is 12.8. The summed E-state index contributed by atoms with van der Waals surface area (Å²) in [4.78, 5) is 38.0. The second kappa shape index (κ2) is 51.0. The molecule has 1 unspecified atom stereocenters. The molecule has 0 heterocycles. The zero-order chi connectivity index (χ0) is 45.8. The highest BCUT2D eigenvalue weighted by atomic mass is 16.6. The number of hydrogen-bond donors (Lipinski definition) is 0. The first kappa shape index (κ1) is 59.3. The molecule has 1 atom stereocenters. The fourth-order valence-electron chi connectivity index (χ4n) is 6.94. The molecule has 0 saturated heterocycles. The first-order chi connectivity index (χ1) is 31.0. The molecule has 0 aliphatic carbocycles. The molecule has 0 spiro atoms. The molecule has 0 radical (unpaired) electrons. The summed E-state index contributed by atoms with van der Waals surface area (Å²) >= 11 is 0. The average molecular weight is 875 g/mol. The lowest BCUT2D eigenvalue weighted by molar-refractivity contribution is -0.167. The van der Waals surface area contributed by atoms with Gasteiger partial charge in [-0.05, 0) is 51.4 Å². The molecular formula is C57H94O6. The van der Waals surface area contributed by atoms with E-state index in [0.29, 0.717) is 19.3 Å². The number of unbranched alkanes of at least 4 members (excludes halogenated alkanes) is 24. The van der Waals surface area contributed by atoms with Crippen molar-refractivity contribution in [1.82, 2.24) is 0 Å². The van der Waals surface area contributed by atoms with Crippen LogP contribution in [0.2, 0.25) is 0 Å². The molecule has 0 saturated carbocycles. The molecule has 0 aliphatic rings. The van der Waals surface area contributed by atoms with Gasteiger partial charge in [-0.25, -0.2) is 0 Å². The average Bonchev–Trinajstić information content (AvgIpc) is 3.28. The van der Waals surface area contributed by atoms with Gasteiger partial charge in [0.15, 0.2) is 6.10 Å². The van der Waals surface area contributed by atoms with Gasteiger partial charge in [0.2, 0.25) is 0 Å². The summed E-state index contributed by atoms with van der Waals surface area (Å²) in [6.07, 6.45) is 66.9. The van der Waals surface area contributed by atoms with E-state index in [0.717, 1.165) is 70.6 Å². The topological polar surface area (TPSA) is 78.9 Å². The molecule has 0 fully saturated rings. The smallest absolute Gasteiger partial charge is 0.306 e. The quantitative estimate of drug-likeness (QED) is 0.0262. The van der Waals surface area contributed by atoms with Crippen LogP contribution in [0, 0.1) is 0 Å². The largest absolute Gasteiger partial charge is 0.462 e. The van der Waals surface area contributed by atoms with E-state index in [1.807, 2.05) is 54.7 Å². The first-order valence-electron chi connectivity index (χ1n) is 25.8. The molecule has 0 rings (SSSR count). The molecular weight excluding hydrogens is 781 g/mol. The maximum absolute atomic E-state index is 12.8. The number of allylic oxidation sites excluding steroid dienone is 16. The van der Waals surface area contributed by atoms with Crippen molar-refractivity contribution < 1.29 is 28.6 Å². The maximum Gasteiger partial charge on any atom is 0.306 e. The molecule has 0 aromatic heterocycles. The summed E-state index contributed by atoms with van der Waals surface area (Å²) < 4.78 is 16.7. The van der Waals surface area contributed by atoms with Crippen LogP contribution in [0.15, 0.2) is 97.2 Å². The molecule has 0 aliphatic heterocycles. The van der Waals surface area contributed by atoms with Gasteiger partial charge in [0.1, 0.15) is 13.2 Å². The van der Waals surface area contributed by atoms with Crippen molar-refractivity contribution >= 4 is 17.9 Å². The van der Waals surface area contributed by atoms with Gasteiger partial charge in [-0.3, -0.25) is 14.4 Å². The lowest BCUT2D eigenvalue weighted by atomic mass is 10.0. The summed E-state index contributed by atoms with van der Waals surface area (Å²) in [5.74, 6) is -0.994. The Hall–Kier alpha value is -3.67. The van der Waals surface area contributed by atoms with Gasteiger partial charge in [0.25, 0.3) is 0 Å². The third kappa shape index (κ3) is 49.2. The SMILES string of the molecule is CC\C=C/C=C\C=C/C=C\C=C/CCCC(=O)OCC(COC(=O)CCCCCCCCCCCCCCCCCCC)OC(=O)CCCCCCCCC\C=C/C=C\C=C/CC. The highest BCUT2D eigenvalue weighted by molar-refractivity contribution is 5.71. The van der Waals surface area contributed by atoms with Crippen molar-refractivity contribution in [2.75, 3.05) is 13.2 Å². The van der Waals surface area contributed by atoms with Crippen LogP contribution < -0.4 is 0 Å². The zero-order valence-corrected chi connectivity index (χ0v) is 40.8. The van der Waals surface area contributed by atoms with Crippen molar-refractivity contribution in [1.29, 1.82) is 0 Å². The van der Waals surface area contributed by atoms with Gasteiger partial charge in [0.05, 0.1) is 0 Å². The van der Waals surface area contributed by atoms with Gasteiger partial charge in [-0.1, -0.05) is 253 Å². The minimum Gasteiger partial charge on any atom is -0.462 e.